The van der Waals surface area contributed by atoms with Gasteiger partial charge in [0.15, 0.2) is 0 Å². The second kappa shape index (κ2) is 7.74. The summed E-state index contributed by atoms with van der Waals surface area (Å²) in [5, 5.41) is 0. The second-order valence-electron chi connectivity index (χ2n) is 6.52. The molecule has 3 rings (SSSR count). The molecule has 6 heteroatoms. The van der Waals surface area contributed by atoms with E-state index in [9.17, 15) is 9.18 Å². The fourth-order valence-electron chi connectivity index (χ4n) is 3.19. The molecule has 1 amide bonds. The Morgan fingerprint density at radius 3 is 2.38 bits per heavy atom. The van der Waals surface area contributed by atoms with Gasteiger partial charge >= 0.3 is 0 Å². The highest BCUT2D eigenvalue weighted by molar-refractivity contribution is 5.83. The molecule has 1 atom stereocenters. The second-order valence-corrected chi connectivity index (χ2v) is 6.52. The van der Waals surface area contributed by atoms with Gasteiger partial charge in [-0.15, -0.1) is 0 Å². The van der Waals surface area contributed by atoms with E-state index in [1.807, 2.05) is 31.2 Å². The standard InChI is InChI=1S/C20H24FN3O2/c1-14-3-5-15(6-4-14)19(22)20(25)24-11-9-23(10-12-24)17-8-7-16(21)13-18(17)26-2/h3-8,13,19H,9-12,22H2,1-2H3. The Morgan fingerprint density at radius 2 is 1.77 bits per heavy atom. The number of ether oxygens (including phenoxy) is 1. The quantitative estimate of drug-likeness (QED) is 0.913. The van der Waals surface area contributed by atoms with Crippen LogP contribution in [0.5, 0.6) is 5.75 Å². The summed E-state index contributed by atoms with van der Waals surface area (Å²) in [4.78, 5) is 16.6. The lowest BCUT2D eigenvalue weighted by Gasteiger charge is -2.37. The third kappa shape index (κ3) is 3.80. The van der Waals surface area contributed by atoms with Gasteiger partial charge in [-0.05, 0) is 24.6 Å². The first kappa shape index (κ1) is 18.2. The van der Waals surface area contributed by atoms with E-state index in [0.717, 1.165) is 16.8 Å². The smallest absolute Gasteiger partial charge is 0.244 e. The Morgan fingerprint density at radius 1 is 1.12 bits per heavy atom. The van der Waals surface area contributed by atoms with E-state index in [4.69, 9.17) is 10.5 Å². The van der Waals surface area contributed by atoms with Gasteiger partial charge < -0.3 is 20.3 Å². The molecule has 138 valence electrons. The minimum atomic E-state index is -0.650. The molecule has 0 saturated carbocycles. The first-order chi connectivity index (χ1) is 12.5. The molecule has 2 aromatic carbocycles. The molecule has 1 unspecified atom stereocenters. The number of methoxy groups -OCH3 is 1. The highest BCUT2D eigenvalue weighted by Crippen LogP contribution is 2.30. The summed E-state index contributed by atoms with van der Waals surface area (Å²) in [6, 6.07) is 11.6. The molecular formula is C20H24FN3O2. The summed E-state index contributed by atoms with van der Waals surface area (Å²) in [5.41, 5.74) is 8.95. The highest BCUT2D eigenvalue weighted by Gasteiger charge is 2.27. The maximum atomic E-state index is 13.4. The Bertz CT molecular complexity index is 771. The Labute approximate surface area is 153 Å². The average molecular weight is 357 g/mol. The zero-order chi connectivity index (χ0) is 18.7. The Kier molecular flexibility index (Phi) is 5.42. The minimum absolute atomic E-state index is 0.0698. The van der Waals surface area contributed by atoms with Crippen LogP contribution >= 0.6 is 0 Å². The number of hydrogen-bond acceptors (Lipinski definition) is 4. The zero-order valence-corrected chi connectivity index (χ0v) is 15.1. The SMILES string of the molecule is COc1cc(F)ccc1N1CCN(C(=O)C(N)c2ccc(C)cc2)CC1. The van der Waals surface area contributed by atoms with Crippen molar-refractivity contribution in [2.45, 2.75) is 13.0 Å². The molecule has 0 spiro atoms. The van der Waals surface area contributed by atoms with Crippen LogP contribution in [0.25, 0.3) is 0 Å². The molecule has 0 aliphatic carbocycles. The minimum Gasteiger partial charge on any atom is -0.494 e. The van der Waals surface area contributed by atoms with Crippen LogP contribution in [0.1, 0.15) is 17.2 Å². The Balaban J connectivity index is 1.64. The fraction of sp³-hybridized carbons (Fsp3) is 0.350. The third-order valence-electron chi connectivity index (χ3n) is 4.78. The van der Waals surface area contributed by atoms with Gasteiger partial charge in [0.25, 0.3) is 0 Å². The van der Waals surface area contributed by atoms with E-state index >= 15 is 0 Å². The first-order valence-electron chi connectivity index (χ1n) is 8.69. The maximum Gasteiger partial charge on any atom is 0.244 e. The predicted molar refractivity (Wildman–Crippen MR) is 99.9 cm³/mol. The molecule has 1 heterocycles. The highest BCUT2D eigenvalue weighted by atomic mass is 19.1. The van der Waals surface area contributed by atoms with Crippen LogP contribution in [0, 0.1) is 12.7 Å². The lowest BCUT2D eigenvalue weighted by atomic mass is 10.0. The topological polar surface area (TPSA) is 58.8 Å². The van der Waals surface area contributed by atoms with Crippen LogP contribution in [-0.4, -0.2) is 44.1 Å². The number of piperazine rings is 1. The largest absolute Gasteiger partial charge is 0.494 e. The van der Waals surface area contributed by atoms with Crippen LogP contribution in [0.4, 0.5) is 10.1 Å². The van der Waals surface area contributed by atoms with Crippen LogP contribution in [0.3, 0.4) is 0 Å². The van der Waals surface area contributed by atoms with Crippen LogP contribution in [0.2, 0.25) is 0 Å². The van der Waals surface area contributed by atoms with E-state index in [1.165, 1.54) is 19.2 Å². The molecule has 1 aliphatic heterocycles. The molecule has 2 aromatic rings. The average Bonchev–Trinajstić information content (AvgIpc) is 2.67. The fourth-order valence-corrected chi connectivity index (χ4v) is 3.19. The van der Waals surface area contributed by atoms with Gasteiger partial charge in [0.05, 0.1) is 12.8 Å². The van der Waals surface area contributed by atoms with Crippen molar-refractivity contribution >= 4 is 11.6 Å². The molecule has 1 fully saturated rings. The summed E-state index contributed by atoms with van der Waals surface area (Å²) >= 11 is 0. The number of rotatable bonds is 4. The number of benzene rings is 2. The summed E-state index contributed by atoms with van der Waals surface area (Å²) in [6.45, 7) is 4.43. The molecule has 2 N–H and O–H groups in total. The number of anilines is 1. The molecule has 0 aromatic heterocycles. The summed E-state index contributed by atoms with van der Waals surface area (Å²) in [6.07, 6.45) is 0. The maximum absolute atomic E-state index is 13.4. The molecule has 5 nitrogen and oxygen atoms in total. The summed E-state index contributed by atoms with van der Waals surface area (Å²) < 4.78 is 18.7. The van der Waals surface area contributed by atoms with Gasteiger partial charge in [0.2, 0.25) is 5.91 Å². The van der Waals surface area contributed by atoms with Gasteiger partial charge in [-0.2, -0.15) is 0 Å². The van der Waals surface area contributed by atoms with Gasteiger partial charge in [-0.3, -0.25) is 4.79 Å². The number of amides is 1. The summed E-state index contributed by atoms with van der Waals surface area (Å²) in [7, 11) is 1.53. The van der Waals surface area contributed by atoms with Crippen LogP contribution in [-0.2, 0) is 4.79 Å². The number of aryl methyl sites for hydroxylation is 1. The first-order valence-corrected chi connectivity index (χ1v) is 8.69. The van der Waals surface area contributed by atoms with Gasteiger partial charge in [0.1, 0.15) is 17.6 Å². The van der Waals surface area contributed by atoms with E-state index < -0.39 is 6.04 Å². The molecule has 0 radical (unpaired) electrons. The van der Waals surface area contributed by atoms with Crippen molar-refractivity contribution in [2.75, 3.05) is 38.2 Å². The molecule has 26 heavy (non-hydrogen) atoms. The molecule has 1 saturated heterocycles. The van der Waals surface area contributed by atoms with Gasteiger partial charge in [-0.1, -0.05) is 29.8 Å². The van der Waals surface area contributed by atoms with Crippen LogP contribution < -0.4 is 15.4 Å². The third-order valence-corrected chi connectivity index (χ3v) is 4.78. The summed E-state index contributed by atoms with van der Waals surface area (Å²) in [5.74, 6) is 0.101. The van der Waals surface area contributed by atoms with Gasteiger partial charge in [-0.25, -0.2) is 4.39 Å². The van der Waals surface area contributed by atoms with Crippen molar-refractivity contribution < 1.29 is 13.9 Å². The predicted octanol–water partition coefficient (Wildman–Crippen LogP) is 2.49. The van der Waals surface area contributed by atoms with E-state index in [0.29, 0.717) is 31.9 Å². The lowest BCUT2D eigenvalue weighted by Crippen LogP contribution is -2.51. The van der Waals surface area contributed by atoms with E-state index in [1.54, 1.807) is 11.0 Å². The van der Waals surface area contributed by atoms with Crippen molar-refractivity contribution in [2.24, 2.45) is 5.73 Å². The number of hydrogen-bond donors (Lipinski definition) is 1. The molecular weight excluding hydrogens is 333 g/mol. The number of carbonyl (C=O) groups excluding carboxylic acids is 1. The van der Waals surface area contributed by atoms with Crippen molar-refractivity contribution in [1.29, 1.82) is 0 Å². The van der Waals surface area contributed by atoms with Gasteiger partial charge in [0, 0.05) is 32.2 Å². The van der Waals surface area contributed by atoms with Crippen LogP contribution in [0.15, 0.2) is 42.5 Å². The number of halogens is 1. The molecule has 1 aliphatic rings. The zero-order valence-electron chi connectivity index (χ0n) is 15.1. The van der Waals surface area contributed by atoms with E-state index in [2.05, 4.69) is 4.90 Å². The number of carbonyl (C=O) groups is 1. The normalized spacial score (nSPS) is 15.7. The van der Waals surface area contributed by atoms with Crippen molar-refractivity contribution in [3.63, 3.8) is 0 Å². The number of nitrogens with two attached hydrogens (primary N) is 1. The van der Waals surface area contributed by atoms with Crippen molar-refractivity contribution in [1.82, 2.24) is 4.90 Å². The van der Waals surface area contributed by atoms with E-state index in [-0.39, 0.29) is 11.7 Å². The lowest BCUT2D eigenvalue weighted by molar-refractivity contribution is -0.133. The monoisotopic (exact) mass is 357 g/mol. The molecule has 0 bridgehead atoms. The Hall–Kier alpha value is -2.60. The van der Waals surface area contributed by atoms with Crippen molar-refractivity contribution in [3.8, 4) is 5.75 Å². The number of nitrogens with zero attached hydrogens (tertiary/aromatic N) is 2. The van der Waals surface area contributed by atoms with Crippen molar-refractivity contribution in [3.05, 3.63) is 59.4 Å².